The quantitative estimate of drug-likeness (QED) is 0.642. The van der Waals surface area contributed by atoms with E-state index >= 15 is 0 Å². The zero-order valence-corrected chi connectivity index (χ0v) is 18.8. The molecule has 2 aliphatic rings. The number of benzene rings is 1. The fourth-order valence-corrected chi connectivity index (χ4v) is 4.92. The lowest BCUT2D eigenvalue weighted by molar-refractivity contribution is 0.291. The number of hydrogen-bond acceptors (Lipinski definition) is 5. The topological polar surface area (TPSA) is 53.1 Å². The van der Waals surface area contributed by atoms with E-state index in [-0.39, 0.29) is 0 Å². The predicted octanol–water partition coefficient (Wildman–Crippen LogP) is 4.86. The van der Waals surface area contributed by atoms with Gasteiger partial charge in [-0.25, -0.2) is 4.98 Å². The first-order valence-corrected chi connectivity index (χ1v) is 11.7. The Morgan fingerprint density at radius 1 is 0.967 bits per heavy atom. The first kappa shape index (κ1) is 21.1. The molecule has 1 saturated carbocycles. The molecule has 1 aromatic carbocycles. The number of rotatable bonds is 7. The van der Waals surface area contributed by atoms with Gasteiger partial charge in [-0.1, -0.05) is 31.2 Å². The Morgan fingerprint density at radius 3 is 2.50 bits per heavy atom. The van der Waals surface area contributed by atoms with Gasteiger partial charge in [-0.15, -0.1) is 0 Å². The van der Waals surface area contributed by atoms with E-state index < -0.39 is 0 Å². The van der Waals surface area contributed by atoms with Crippen LogP contribution in [0.5, 0.6) is 0 Å². The summed E-state index contributed by atoms with van der Waals surface area (Å²) in [6, 6.07) is 8.73. The van der Waals surface area contributed by atoms with Crippen LogP contribution < -0.4 is 15.5 Å². The number of nitrogens with zero attached hydrogens (tertiary/aromatic N) is 3. The van der Waals surface area contributed by atoms with Crippen molar-refractivity contribution in [2.45, 2.75) is 51.5 Å². The van der Waals surface area contributed by atoms with Gasteiger partial charge in [0.05, 0.1) is 5.52 Å². The number of aromatic nitrogens is 2. The van der Waals surface area contributed by atoms with E-state index in [4.69, 9.17) is 9.97 Å². The molecule has 0 aliphatic heterocycles. The van der Waals surface area contributed by atoms with Crippen LogP contribution in [0.1, 0.15) is 45.4 Å². The minimum absolute atomic E-state index is 0.473. The Bertz CT molecular complexity index is 854. The maximum Gasteiger partial charge on any atom is 0.225 e. The summed E-state index contributed by atoms with van der Waals surface area (Å²) in [5.41, 5.74) is 1.00. The molecule has 1 aromatic heterocycles. The molecule has 1 heterocycles. The van der Waals surface area contributed by atoms with Crippen molar-refractivity contribution < 1.29 is 0 Å². The monoisotopic (exact) mass is 407 g/mol. The van der Waals surface area contributed by atoms with Crippen molar-refractivity contribution in [3.63, 3.8) is 0 Å². The third kappa shape index (κ3) is 5.12. The normalized spacial score (nSPS) is 26.6. The Balaban J connectivity index is 1.27. The zero-order chi connectivity index (χ0) is 20.9. The van der Waals surface area contributed by atoms with Crippen molar-refractivity contribution in [1.82, 2.24) is 15.3 Å². The van der Waals surface area contributed by atoms with E-state index in [1.54, 1.807) is 0 Å². The molecule has 5 nitrogen and oxygen atoms in total. The highest BCUT2D eigenvalue weighted by atomic mass is 15.2. The standard InChI is InChI=1S/C25H37N5/c1-18-8-4-5-9-20(18)17-26-16-19-12-14-21(15-13-19)27-25-28-23-11-7-6-10-22(23)24(29-25)30(2)3/h4-7,10-11,18-21,26H,8-9,12-17H2,1-3H3,(H,27,28,29). The Hall–Kier alpha value is -2.14. The molecule has 0 bridgehead atoms. The number of nitrogens with one attached hydrogen (secondary N) is 2. The van der Waals surface area contributed by atoms with Gasteiger partial charge < -0.3 is 15.5 Å². The summed E-state index contributed by atoms with van der Waals surface area (Å²) in [6.45, 7) is 4.72. The molecular formula is C25H37N5. The second kappa shape index (κ2) is 9.78. The molecule has 0 radical (unpaired) electrons. The molecule has 2 N–H and O–H groups in total. The van der Waals surface area contributed by atoms with Crippen LogP contribution in [0.3, 0.4) is 0 Å². The molecule has 30 heavy (non-hydrogen) atoms. The molecule has 0 spiro atoms. The first-order valence-electron chi connectivity index (χ1n) is 11.7. The summed E-state index contributed by atoms with van der Waals surface area (Å²) in [4.78, 5) is 11.7. The first-order chi connectivity index (χ1) is 14.6. The largest absolute Gasteiger partial charge is 0.362 e. The van der Waals surface area contributed by atoms with Crippen LogP contribution in [0.25, 0.3) is 10.9 Å². The molecular weight excluding hydrogens is 370 g/mol. The molecule has 2 aliphatic carbocycles. The van der Waals surface area contributed by atoms with Gasteiger partial charge in [0.1, 0.15) is 5.82 Å². The predicted molar refractivity (Wildman–Crippen MR) is 127 cm³/mol. The summed E-state index contributed by atoms with van der Waals surface area (Å²) < 4.78 is 0. The maximum absolute atomic E-state index is 4.81. The van der Waals surface area contributed by atoms with Crippen LogP contribution in [0, 0.1) is 17.8 Å². The summed E-state index contributed by atoms with van der Waals surface area (Å²) in [7, 11) is 4.09. The Kier molecular flexibility index (Phi) is 6.88. The van der Waals surface area contributed by atoms with Gasteiger partial charge in [0, 0.05) is 25.5 Å². The van der Waals surface area contributed by atoms with E-state index in [0.717, 1.165) is 47.0 Å². The summed E-state index contributed by atoms with van der Waals surface area (Å²) >= 11 is 0. The number of hydrogen-bond donors (Lipinski definition) is 2. The number of fused-ring (bicyclic) bond motifs is 1. The fraction of sp³-hybridized carbons (Fsp3) is 0.600. The number of para-hydroxylation sites is 1. The molecule has 1 fully saturated rings. The molecule has 2 aromatic rings. The van der Waals surface area contributed by atoms with Crippen molar-refractivity contribution in [2.24, 2.45) is 17.8 Å². The average Bonchev–Trinajstić information content (AvgIpc) is 2.75. The lowest BCUT2D eigenvalue weighted by Crippen LogP contribution is -2.35. The van der Waals surface area contributed by atoms with Gasteiger partial charge in [-0.2, -0.15) is 4.98 Å². The van der Waals surface area contributed by atoms with Crippen LogP contribution in [0.4, 0.5) is 11.8 Å². The van der Waals surface area contributed by atoms with Gasteiger partial charge in [-0.05, 0) is 81.5 Å². The Morgan fingerprint density at radius 2 is 1.73 bits per heavy atom. The van der Waals surface area contributed by atoms with Crippen LogP contribution in [-0.2, 0) is 0 Å². The summed E-state index contributed by atoms with van der Waals surface area (Å²) in [5.74, 6) is 4.17. The van der Waals surface area contributed by atoms with Crippen LogP contribution in [-0.4, -0.2) is 43.2 Å². The second-order valence-electron chi connectivity index (χ2n) is 9.48. The molecule has 162 valence electrons. The minimum atomic E-state index is 0.473. The minimum Gasteiger partial charge on any atom is -0.362 e. The van der Waals surface area contributed by atoms with Gasteiger partial charge in [0.2, 0.25) is 5.95 Å². The van der Waals surface area contributed by atoms with Crippen LogP contribution in [0.15, 0.2) is 36.4 Å². The van der Waals surface area contributed by atoms with Gasteiger partial charge >= 0.3 is 0 Å². The smallest absolute Gasteiger partial charge is 0.225 e. The highest BCUT2D eigenvalue weighted by molar-refractivity contribution is 5.90. The third-order valence-corrected chi connectivity index (χ3v) is 6.94. The molecule has 5 heteroatoms. The molecule has 0 saturated heterocycles. The SMILES string of the molecule is CC1CC=CCC1CNCC1CCC(Nc2nc(N(C)C)c3ccccc3n2)CC1. The van der Waals surface area contributed by atoms with Gasteiger partial charge in [0.25, 0.3) is 0 Å². The molecule has 0 amide bonds. The lowest BCUT2D eigenvalue weighted by atomic mass is 9.83. The fourth-order valence-electron chi connectivity index (χ4n) is 4.92. The van der Waals surface area contributed by atoms with E-state index in [1.165, 1.54) is 45.1 Å². The molecule has 2 unspecified atom stereocenters. The lowest BCUT2D eigenvalue weighted by Gasteiger charge is -2.31. The number of allylic oxidation sites excluding steroid dienone is 2. The van der Waals surface area contributed by atoms with Crippen molar-refractivity contribution in [2.75, 3.05) is 37.4 Å². The third-order valence-electron chi connectivity index (χ3n) is 6.94. The van der Waals surface area contributed by atoms with Gasteiger partial charge in [-0.3, -0.25) is 0 Å². The van der Waals surface area contributed by atoms with Crippen LogP contribution >= 0.6 is 0 Å². The second-order valence-corrected chi connectivity index (χ2v) is 9.48. The Labute approximate surface area is 181 Å². The van der Waals surface area contributed by atoms with Crippen molar-refractivity contribution in [3.05, 3.63) is 36.4 Å². The highest BCUT2D eigenvalue weighted by Crippen LogP contribution is 2.29. The maximum atomic E-state index is 4.81. The summed E-state index contributed by atoms with van der Waals surface area (Å²) in [6.07, 6.45) is 12.1. The van der Waals surface area contributed by atoms with Crippen molar-refractivity contribution in [3.8, 4) is 0 Å². The number of anilines is 2. The highest BCUT2D eigenvalue weighted by Gasteiger charge is 2.23. The summed E-state index contributed by atoms with van der Waals surface area (Å²) in [5, 5.41) is 8.50. The van der Waals surface area contributed by atoms with E-state index in [1.807, 2.05) is 26.2 Å². The van der Waals surface area contributed by atoms with E-state index in [0.29, 0.717) is 6.04 Å². The zero-order valence-electron chi connectivity index (χ0n) is 18.8. The van der Waals surface area contributed by atoms with E-state index in [2.05, 4.69) is 46.7 Å². The average molecular weight is 408 g/mol. The van der Waals surface area contributed by atoms with Crippen LogP contribution in [0.2, 0.25) is 0 Å². The molecule has 2 atom stereocenters. The van der Waals surface area contributed by atoms with Crippen molar-refractivity contribution in [1.29, 1.82) is 0 Å². The van der Waals surface area contributed by atoms with E-state index in [9.17, 15) is 0 Å². The van der Waals surface area contributed by atoms with Gasteiger partial charge in [0.15, 0.2) is 0 Å². The van der Waals surface area contributed by atoms with Crippen molar-refractivity contribution >= 4 is 22.7 Å². The molecule has 4 rings (SSSR count).